The summed E-state index contributed by atoms with van der Waals surface area (Å²) >= 11 is 0. The van der Waals surface area contributed by atoms with Crippen LogP contribution in [-0.4, -0.2) is 33.8 Å². The summed E-state index contributed by atoms with van der Waals surface area (Å²) in [6.07, 6.45) is 2.68. The van der Waals surface area contributed by atoms with Gasteiger partial charge < -0.3 is 0 Å². The van der Waals surface area contributed by atoms with E-state index in [4.69, 9.17) is 4.03 Å². The second-order valence-electron chi connectivity index (χ2n) is 6.75. The van der Waals surface area contributed by atoms with Gasteiger partial charge in [-0.05, 0) is 49.8 Å². The summed E-state index contributed by atoms with van der Waals surface area (Å²) in [6, 6.07) is 0. The van der Waals surface area contributed by atoms with Crippen LogP contribution in [0.3, 0.4) is 0 Å². The van der Waals surface area contributed by atoms with Crippen LogP contribution in [0.25, 0.3) is 0 Å². The lowest BCUT2D eigenvalue weighted by molar-refractivity contribution is 1.26. The standard InChI is InChI=1S/C12H33N2PSSi2/c1-10-15(11-2)12(3)16(13-17(4,5)6)14-18(7,8)9/h12H,10-11H2,1-9H3,(H,13,14)/t12-/m0/s1. The van der Waals surface area contributed by atoms with Crippen molar-refractivity contribution in [3.8, 4) is 0 Å². The lowest BCUT2D eigenvalue weighted by Crippen LogP contribution is -2.45. The molecule has 0 aliphatic heterocycles. The molecular formula is C12H33N2PSSi2. The Hall–Kier alpha value is 0.974. The van der Waals surface area contributed by atoms with Gasteiger partial charge in [-0.15, -0.1) is 0 Å². The van der Waals surface area contributed by atoms with Crippen molar-refractivity contribution in [3.63, 3.8) is 0 Å². The molecule has 0 spiro atoms. The van der Waals surface area contributed by atoms with Gasteiger partial charge in [0.05, 0.1) is 0 Å². The largest absolute Gasteiger partial charge is 0.290 e. The quantitative estimate of drug-likeness (QED) is 0.526. The van der Waals surface area contributed by atoms with Crippen LogP contribution in [0.15, 0.2) is 4.03 Å². The van der Waals surface area contributed by atoms with Crippen molar-refractivity contribution in [2.45, 2.75) is 65.0 Å². The first-order valence-corrected chi connectivity index (χ1v) is 17.0. The number of hydrogen-bond acceptors (Lipinski definition) is 1. The zero-order valence-electron chi connectivity index (χ0n) is 13.8. The van der Waals surface area contributed by atoms with Crippen molar-refractivity contribution in [2.75, 3.05) is 12.3 Å². The van der Waals surface area contributed by atoms with Crippen LogP contribution in [0.2, 0.25) is 39.3 Å². The fourth-order valence-electron chi connectivity index (χ4n) is 1.67. The smallest absolute Gasteiger partial charge is 0.183 e. The molecule has 0 bridgehead atoms. The number of rotatable bonds is 7. The highest BCUT2D eigenvalue weighted by Crippen LogP contribution is 2.42. The Kier molecular flexibility index (Phi) is 8.09. The first-order valence-electron chi connectivity index (χ1n) is 6.98. The third kappa shape index (κ3) is 8.21. The van der Waals surface area contributed by atoms with Gasteiger partial charge in [0.1, 0.15) is 8.24 Å². The van der Waals surface area contributed by atoms with E-state index in [2.05, 4.69) is 64.4 Å². The fourth-order valence-corrected chi connectivity index (χ4v) is 12.8. The SMILES string of the molecule is CCP(CC)[C@H](C)/[S@@](=N\[Si](C)(C)C)N[Si](C)(C)C. The Morgan fingerprint density at radius 2 is 1.50 bits per heavy atom. The normalized spacial score (nSPS) is 17.2. The monoisotopic (exact) mass is 324 g/mol. The average Bonchev–Trinajstić information content (AvgIpc) is 2.14. The van der Waals surface area contributed by atoms with Crippen molar-refractivity contribution >= 4 is 35.3 Å². The summed E-state index contributed by atoms with van der Waals surface area (Å²) in [6.45, 7) is 21.3. The van der Waals surface area contributed by atoms with Gasteiger partial charge in [0, 0.05) is 4.99 Å². The van der Waals surface area contributed by atoms with Crippen LogP contribution in [0, 0.1) is 0 Å². The average molecular weight is 325 g/mol. The predicted molar refractivity (Wildman–Crippen MR) is 97.1 cm³/mol. The lowest BCUT2D eigenvalue weighted by Gasteiger charge is -2.31. The van der Waals surface area contributed by atoms with Crippen LogP contribution in [0.4, 0.5) is 0 Å². The minimum atomic E-state index is -1.35. The zero-order valence-corrected chi connectivity index (χ0v) is 17.5. The molecule has 0 aromatic heterocycles. The Labute approximate surface area is 121 Å². The van der Waals surface area contributed by atoms with Crippen molar-refractivity contribution in [1.82, 2.24) is 4.39 Å². The maximum Gasteiger partial charge on any atom is 0.183 e. The van der Waals surface area contributed by atoms with Crippen LogP contribution in [-0.2, 0) is 10.9 Å². The van der Waals surface area contributed by atoms with Crippen molar-refractivity contribution < 1.29 is 0 Å². The molecule has 0 aromatic carbocycles. The van der Waals surface area contributed by atoms with Crippen molar-refractivity contribution in [2.24, 2.45) is 4.03 Å². The molecule has 0 heterocycles. The van der Waals surface area contributed by atoms with Crippen LogP contribution >= 0.6 is 7.92 Å². The summed E-state index contributed by atoms with van der Waals surface area (Å²) in [4.78, 5) is 0.744. The molecule has 6 heteroatoms. The maximum absolute atomic E-state index is 5.22. The summed E-state index contributed by atoms with van der Waals surface area (Å²) < 4.78 is 9.13. The topological polar surface area (TPSA) is 24.4 Å². The molecule has 0 aliphatic carbocycles. The van der Waals surface area contributed by atoms with Gasteiger partial charge in [-0.3, -0.25) is 8.42 Å². The zero-order chi connectivity index (χ0) is 14.6. The number of nitrogens with zero attached hydrogens (tertiary/aromatic N) is 1. The van der Waals surface area contributed by atoms with E-state index in [9.17, 15) is 0 Å². The molecule has 2 atom stereocenters. The molecule has 0 unspecified atom stereocenters. The third-order valence-corrected chi connectivity index (χ3v) is 13.5. The molecule has 1 N–H and O–H groups in total. The molecule has 0 radical (unpaired) electrons. The van der Waals surface area contributed by atoms with E-state index in [1.165, 1.54) is 12.3 Å². The molecular weight excluding hydrogens is 291 g/mol. The second-order valence-corrected chi connectivity index (χ2v) is 22.0. The van der Waals surface area contributed by atoms with E-state index in [0.29, 0.717) is 0 Å². The third-order valence-electron chi connectivity index (χ3n) is 2.43. The second kappa shape index (κ2) is 7.68. The highest BCUT2D eigenvalue weighted by molar-refractivity contribution is 7.95. The Balaban J connectivity index is 5.16. The van der Waals surface area contributed by atoms with E-state index >= 15 is 0 Å². The van der Waals surface area contributed by atoms with Crippen molar-refractivity contribution in [1.29, 1.82) is 0 Å². The summed E-state index contributed by atoms with van der Waals surface area (Å²) in [5, 5.41) is 0. The molecule has 2 nitrogen and oxygen atoms in total. The van der Waals surface area contributed by atoms with E-state index in [1.807, 2.05) is 0 Å². The summed E-state index contributed by atoms with van der Waals surface area (Å²) in [5.74, 6) is 0. The van der Waals surface area contributed by atoms with Crippen LogP contribution < -0.4 is 4.39 Å². The van der Waals surface area contributed by atoms with Gasteiger partial charge in [0.2, 0.25) is 0 Å². The minimum absolute atomic E-state index is 0.0893. The molecule has 0 rings (SSSR count). The maximum atomic E-state index is 5.22. The molecule has 0 amide bonds. The van der Waals surface area contributed by atoms with Gasteiger partial charge in [-0.1, -0.05) is 41.4 Å². The van der Waals surface area contributed by atoms with Crippen LogP contribution in [0.1, 0.15) is 20.8 Å². The van der Waals surface area contributed by atoms with Crippen molar-refractivity contribution in [3.05, 3.63) is 0 Å². The molecule has 110 valence electrons. The molecule has 0 fully saturated rings. The molecule has 0 saturated heterocycles. The number of hydrogen-bond donors (Lipinski definition) is 1. The first kappa shape index (κ1) is 19.0. The Bertz CT molecular complexity index is 281. The predicted octanol–water partition coefficient (Wildman–Crippen LogP) is 4.83. The van der Waals surface area contributed by atoms with E-state index < -0.39 is 16.5 Å². The van der Waals surface area contributed by atoms with Crippen LogP contribution in [0.5, 0.6) is 0 Å². The highest BCUT2D eigenvalue weighted by Gasteiger charge is 2.25. The van der Waals surface area contributed by atoms with E-state index in [0.717, 1.165) is 4.99 Å². The highest BCUT2D eigenvalue weighted by atomic mass is 32.2. The fraction of sp³-hybridized carbons (Fsp3) is 1.00. The van der Waals surface area contributed by atoms with Gasteiger partial charge in [-0.2, -0.15) is 0 Å². The summed E-state index contributed by atoms with van der Waals surface area (Å²) in [5.41, 5.74) is 0. The summed E-state index contributed by atoms with van der Waals surface area (Å²) in [7, 11) is -2.37. The lowest BCUT2D eigenvalue weighted by atomic mass is 10.9. The first-order chi connectivity index (χ1) is 8.00. The van der Waals surface area contributed by atoms with E-state index in [-0.39, 0.29) is 18.8 Å². The van der Waals surface area contributed by atoms with Gasteiger partial charge in [0.25, 0.3) is 0 Å². The van der Waals surface area contributed by atoms with E-state index in [1.54, 1.807) is 0 Å². The molecule has 0 saturated carbocycles. The molecule has 18 heavy (non-hydrogen) atoms. The number of nitrogens with one attached hydrogen (secondary N) is 1. The van der Waals surface area contributed by atoms with Gasteiger partial charge in [-0.25, -0.2) is 0 Å². The minimum Gasteiger partial charge on any atom is -0.290 e. The molecule has 0 aliphatic rings. The Morgan fingerprint density at radius 1 is 1.06 bits per heavy atom. The molecule has 0 aromatic rings. The van der Waals surface area contributed by atoms with Gasteiger partial charge >= 0.3 is 0 Å². The Morgan fingerprint density at radius 3 is 1.78 bits per heavy atom. The van der Waals surface area contributed by atoms with Gasteiger partial charge in [0.15, 0.2) is 8.24 Å².